The van der Waals surface area contributed by atoms with Gasteiger partial charge < -0.3 is 15.7 Å². The summed E-state index contributed by atoms with van der Waals surface area (Å²) in [6.45, 7) is 0.791. The van der Waals surface area contributed by atoms with Crippen LogP contribution in [0, 0.1) is 5.92 Å². The number of aliphatic hydroxyl groups is 1. The van der Waals surface area contributed by atoms with Crippen LogP contribution in [0.4, 0.5) is 4.79 Å². The van der Waals surface area contributed by atoms with Crippen LogP contribution in [-0.4, -0.2) is 24.3 Å². The lowest BCUT2D eigenvalue weighted by molar-refractivity contribution is 0.229. The predicted molar refractivity (Wildman–Crippen MR) is 74.8 cm³/mol. The van der Waals surface area contributed by atoms with E-state index < -0.39 is 0 Å². The van der Waals surface area contributed by atoms with Crippen molar-refractivity contribution in [2.45, 2.75) is 31.7 Å². The highest BCUT2D eigenvalue weighted by Gasteiger charge is 2.21. The highest BCUT2D eigenvalue weighted by molar-refractivity contribution is 5.74. The Morgan fingerprint density at radius 3 is 2.68 bits per heavy atom. The number of hydrogen-bond acceptors (Lipinski definition) is 2. The maximum Gasteiger partial charge on any atom is 0.315 e. The maximum absolute atomic E-state index is 11.8. The Kier molecular flexibility index (Phi) is 5.21. The van der Waals surface area contributed by atoms with E-state index in [1.807, 2.05) is 30.3 Å². The van der Waals surface area contributed by atoms with E-state index >= 15 is 0 Å². The number of amides is 2. The van der Waals surface area contributed by atoms with Crippen molar-refractivity contribution < 1.29 is 9.90 Å². The largest absolute Gasteiger partial charge is 0.396 e. The highest BCUT2D eigenvalue weighted by atomic mass is 16.3. The van der Waals surface area contributed by atoms with Crippen LogP contribution in [0.15, 0.2) is 30.3 Å². The minimum atomic E-state index is -0.150. The zero-order valence-electron chi connectivity index (χ0n) is 11.1. The maximum atomic E-state index is 11.8. The molecule has 4 nitrogen and oxygen atoms in total. The van der Waals surface area contributed by atoms with Crippen molar-refractivity contribution in [1.29, 1.82) is 0 Å². The van der Waals surface area contributed by atoms with Crippen LogP contribution in [0.25, 0.3) is 0 Å². The Hall–Kier alpha value is -1.55. The van der Waals surface area contributed by atoms with Gasteiger partial charge in [-0.15, -0.1) is 0 Å². The van der Waals surface area contributed by atoms with Gasteiger partial charge in [-0.1, -0.05) is 43.2 Å². The minimum Gasteiger partial charge on any atom is -0.396 e. The molecule has 0 spiro atoms. The Labute approximate surface area is 114 Å². The second kappa shape index (κ2) is 7.14. The van der Waals surface area contributed by atoms with Crippen molar-refractivity contribution in [3.63, 3.8) is 0 Å². The number of aliphatic hydroxyl groups excluding tert-OH is 1. The molecule has 0 unspecified atom stereocenters. The molecule has 1 aromatic rings. The Morgan fingerprint density at radius 1 is 1.32 bits per heavy atom. The first-order valence-electron chi connectivity index (χ1n) is 6.99. The van der Waals surface area contributed by atoms with Crippen molar-refractivity contribution in [3.8, 4) is 0 Å². The lowest BCUT2D eigenvalue weighted by Gasteiger charge is -2.18. The zero-order chi connectivity index (χ0) is 13.5. The predicted octanol–water partition coefficient (Wildman–Crippen LogP) is 2.21. The van der Waals surface area contributed by atoms with Gasteiger partial charge in [0, 0.05) is 13.2 Å². The van der Waals surface area contributed by atoms with Gasteiger partial charge in [-0.2, -0.15) is 0 Å². The number of urea groups is 1. The van der Waals surface area contributed by atoms with E-state index in [4.69, 9.17) is 5.11 Å². The molecule has 3 N–H and O–H groups in total. The minimum absolute atomic E-state index is 0.0575. The van der Waals surface area contributed by atoms with Crippen LogP contribution >= 0.6 is 0 Å². The molecule has 1 aliphatic rings. The highest BCUT2D eigenvalue weighted by Crippen LogP contribution is 2.31. The van der Waals surface area contributed by atoms with Crippen LogP contribution in [0.5, 0.6) is 0 Å². The topological polar surface area (TPSA) is 61.4 Å². The van der Waals surface area contributed by atoms with Gasteiger partial charge in [-0.25, -0.2) is 4.79 Å². The summed E-state index contributed by atoms with van der Waals surface area (Å²) in [5, 5.41) is 14.9. The first-order valence-corrected chi connectivity index (χ1v) is 6.99. The summed E-state index contributed by atoms with van der Waals surface area (Å²) in [5.41, 5.74) is 1.02. The molecule has 1 fully saturated rings. The molecule has 0 aromatic heterocycles. The summed E-state index contributed by atoms with van der Waals surface area (Å²) >= 11 is 0. The van der Waals surface area contributed by atoms with E-state index in [1.165, 1.54) is 12.8 Å². The van der Waals surface area contributed by atoms with E-state index in [-0.39, 0.29) is 18.7 Å². The molecular weight excluding hydrogens is 240 g/mol. The van der Waals surface area contributed by atoms with Crippen molar-refractivity contribution in [1.82, 2.24) is 10.6 Å². The Morgan fingerprint density at radius 2 is 2.05 bits per heavy atom. The summed E-state index contributed by atoms with van der Waals surface area (Å²) in [6, 6.07) is 9.46. The number of hydrogen-bond donors (Lipinski definition) is 3. The molecule has 104 valence electrons. The SMILES string of the molecule is O=C(NCCC1CC1)N[C@H](CCO)c1ccccc1. The molecule has 0 heterocycles. The molecule has 0 radical (unpaired) electrons. The molecule has 2 rings (SSSR count). The van der Waals surface area contributed by atoms with Crippen molar-refractivity contribution >= 4 is 6.03 Å². The standard InChI is InChI=1S/C15H22N2O2/c18-11-9-14(13-4-2-1-3-5-13)17-15(19)16-10-8-12-6-7-12/h1-5,12,14,18H,6-11H2,(H2,16,17,19)/t14-/m1/s1. The van der Waals surface area contributed by atoms with Gasteiger partial charge in [0.25, 0.3) is 0 Å². The third-order valence-electron chi connectivity index (χ3n) is 3.46. The lowest BCUT2D eigenvalue weighted by Crippen LogP contribution is -2.38. The molecule has 19 heavy (non-hydrogen) atoms. The normalized spacial score (nSPS) is 15.8. The van der Waals surface area contributed by atoms with Gasteiger partial charge in [-0.05, 0) is 24.3 Å². The number of benzene rings is 1. The first kappa shape index (κ1) is 13.9. The van der Waals surface area contributed by atoms with E-state index in [0.717, 1.165) is 24.4 Å². The fourth-order valence-electron chi connectivity index (χ4n) is 2.14. The average molecular weight is 262 g/mol. The van der Waals surface area contributed by atoms with Gasteiger partial charge in [0.2, 0.25) is 0 Å². The van der Waals surface area contributed by atoms with Gasteiger partial charge in [-0.3, -0.25) is 0 Å². The smallest absolute Gasteiger partial charge is 0.315 e. The Balaban J connectivity index is 1.79. The van der Waals surface area contributed by atoms with Crippen LogP contribution in [0.2, 0.25) is 0 Å². The van der Waals surface area contributed by atoms with Crippen LogP contribution < -0.4 is 10.6 Å². The van der Waals surface area contributed by atoms with Crippen LogP contribution in [0.1, 0.15) is 37.3 Å². The first-order chi connectivity index (χ1) is 9.29. The summed E-state index contributed by atoms with van der Waals surface area (Å²) in [6.07, 6.45) is 4.21. The number of rotatable bonds is 7. The van der Waals surface area contributed by atoms with Crippen molar-refractivity contribution in [2.75, 3.05) is 13.2 Å². The number of carbonyl (C=O) groups is 1. The monoisotopic (exact) mass is 262 g/mol. The lowest BCUT2D eigenvalue weighted by atomic mass is 10.0. The van der Waals surface area contributed by atoms with E-state index in [1.54, 1.807) is 0 Å². The van der Waals surface area contributed by atoms with Crippen molar-refractivity contribution in [2.24, 2.45) is 5.92 Å². The molecule has 2 amide bonds. The second-order valence-electron chi connectivity index (χ2n) is 5.11. The van der Waals surface area contributed by atoms with Gasteiger partial charge >= 0.3 is 6.03 Å². The van der Waals surface area contributed by atoms with Crippen molar-refractivity contribution in [3.05, 3.63) is 35.9 Å². The van der Waals surface area contributed by atoms with Crippen LogP contribution in [0.3, 0.4) is 0 Å². The summed E-state index contributed by atoms with van der Waals surface area (Å²) in [5.74, 6) is 0.822. The molecule has 1 saturated carbocycles. The zero-order valence-corrected chi connectivity index (χ0v) is 11.1. The molecule has 0 saturated heterocycles. The van der Waals surface area contributed by atoms with Gasteiger partial charge in [0.05, 0.1) is 6.04 Å². The van der Waals surface area contributed by atoms with Gasteiger partial charge in [0.1, 0.15) is 0 Å². The Bertz CT molecular complexity index is 390. The second-order valence-corrected chi connectivity index (χ2v) is 5.11. The molecule has 1 atom stereocenters. The fraction of sp³-hybridized carbons (Fsp3) is 0.533. The number of nitrogens with one attached hydrogen (secondary N) is 2. The summed E-state index contributed by atoms with van der Waals surface area (Å²) in [7, 11) is 0. The summed E-state index contributed by atoms with van der Waals surface area (Å²) < 4.78 is 0. The molecule has 1 aromatic carbocycles. The van der Waals surface area contributed by atoms with E-state index in [9.17, 15) is 4.79 Å². The molecular formula is C15H22N2O2. The third-order valence-corrected chi connectivity index (χ3v) is 3.46. The summed E-state index contributed by atoms with van der Waals surface area (Å²) in [4.78, 5) is 11.8. The average Bonchev–Trinajstić information content (AvgIpc) is 3.23. The molecule has 1 aliphatic carbocycles. The molecule has 4 heteroatoms. The third kappa shape index (κ3) is 4.91. The van der Waals surface area contributed by atoms with E-state index in [0.29, 0.717) is 6.42 Å². The molecule has 0 bridgehead atoms. The fourth-order valence-corrected chi connectivity index (χ4v) is 2.14. The van der Waals surface area contributed by atoms with Crippen LogP contribution in [-0.2, 0) is 0 Å². The van der Waals surface area contributed by atoms with E-state index in [2.05, 4.69) is 10.6 Å². The number of carbonyl (C=O) groups excluding carboxylic acids is 1. The van der Waals surface area contributed by atoms with Gasteiger partial charge in [0.15, 0.2) is 0 Å². The molecule has 0 aliphatic heterocycles. The quantitative estimate of drug-likeness (QED) is 0.705.